The standard InChI is InChI=1S/C22H19NO/c24-18-13-11-17(12-14-18)22-19-8-4-5-9-20(19)23-21(22)15-10-16-6-2-1-3-7-16/h1-9,11-14,23-24H,10,15H2. The molecule has 0 aliphatic rings. The van der Waals surface area contributed by atoms with E-state index >= 15 is 0 Å². The average Bonchev–Trinajstić information content (AvgIpc) is 3.00. The third kappa shape index (κ3) is 2.79. The van der Waals surface area contributed by atoms with Gasteiger partial charge in [-0.25, -0.2) is 0 Å². The van der Waals surface area contributed by atoms with Crippen LogP contribution in [-0.2, 0) is 12.8 Å². The van der Waals surface area contributed by atoms with Crippen molar-refractivity contribution in [2.24, 2.45) is 0 Å². The molecule has 2 heteroatoms. The molecule has 1 heterocycles. The molecular formula is C22H19NO. The molecular weight excluding hydrogens is 294 g/mol. The van der Waals surface area contributed by atoms with E-state index in [9.17, 15) is 5.11 Å². The number of aromatic nitrogens is 1. The molecule has 1 aromatic heterocycles. The van der Waals surface area contributed by atoms with Crippen LogP contribution >= 0.6 is 0 Å². The minimum Gasteiger partial charge on any atom is -0.508 e. The number of aromatic hydroxyl groups is 1. The maximum absolute atomic E-state index is 9.58. The molecule has 0 atom stereocenters. The van der Waals surface area contributed by atoms with Gasteiger partial charge in [-0.2, -0.15) is 0 Å². The summed E-state index contributed by atoms with van der Waals surface area (Å²) in [6, 6.07) is 26.4. The highest BCUT2D eigenvalue weighted by atomic mass is 16.3. The Balaban J connectivity index is 1.76. The van der Waals surface area contributed by atoms with Crippen molar-refractivity contribution in [2.45, 2.75) is 12.8 Å². The summed E-state index contributed by atoms with van der Waals surface area (Å²) < 4.78 is 0. The highest BCUT2D eigenvalue weighted by Crippen LogP contribution is 2.33. The normalized spacial score (nSPS) is 11.0. The SMILES string of the molecule is Oc1ccc(-c2c(CCc3ccccc3)[nH]c3ccccc23)cc1. The minimum absolute atomic E-state index is 0.296. The molecule has 4 rings (SSSR count). The van der Waals surface area contributed by atoms with Gasteiger partial charge in [0, 0.05) is 22.2 Å². The van der Waals surface area contributed by atoms with Crippen molar-refractivity contribution in [1.29, 1.82) is 0 Å². The monoisotopic (exact) mass is 313 g/mol. The second-order valence-corrected chi connectivity index (χ2v) is 6.06. The summed E-state index contributed by atoms with van der Waals surface area (Å²) in [5.41, 5.74) is 6.11. The molecule has 0 bridgehead atoms. The molecule has 4 aromatic rings. The Hall–Kier alpha value is -3.00. The Bertz CT molecular complexity index is 952. The number of H-pyrrole nitrogens is 1. The van der Waals surface area contributed by atoms with Gasteiger partial charge in [0.05, 0.1) is 0 Å². The van der Waals surface area contributed by atoms with Crippen LogP contribution in [0.3, 0.4) is 0 Å². The summed E-state index contributed by atoms with van der Waals surface area (Å²) in [6.07, 6.45) is 1.95. The van der Waals surface area contributed by atoms with Gasteiger partial charge in [-0.1, -0.05) is 60.7 Å². The molecule has 118 valence electrons. The van der Waals surface area contributed by atoms with E-state index in [1.807, 2.05) is 18.2 Å². The van der Waals surface area contributed by atoms with Gasteiger partial charge < -0.3 is 10.1 Å². The quantitative estimate of drug-likeness (QED) is 0.525. The molecule has 0 saturated heterocycles. The van der Waals surface area contributed by atoms with E-state index in [4.69, 9.17) is 0 Å². The predicted molar refractivity (Wildman–Crippen MR) is 99.2 cm³/mol. The van der Waals surface area contributed by atoms with Crippen molar-refractivity contribution in [3.8, 4) is 16.9 Å². The Morgan fingerprint density at radius 1 is 0.708 bits per heavy atom. The van der Waals surface area contributed by atoms with E-state index in [1.165, 1.54) is 22.2 Å². The maximum Gasteiger partial charge on any atom is 0.115 e. The molecule has 3 aromatic carbocycles. The number of phenolic OH excluding ortho intramolecular Hbond substituents is 1. The first kappa shape index (κ1) is 14.6. The Labute approximate surface area is 141 Å². The van der Waals surface area contributed by atoms with E-state index in [-0.39, 0.29) is 0 Å². The van der Waals surface area contributed by atoms with E-state index in [0.29, 0.717) is 5.75 Å². The third-order valence-corrected chi connectivity index (χ3v) is 4.45. The average molecular weight is 313 g/mol. The lowest BCUT2D eigenvalue weighted by Crippen LogP contribution is -1.93. The number of hydrogen-bond acceptors (Lipinski definition) is 1. The largest absolute Gasteiger partial charge is 0.508 e. The van der Waals surface area contributed by atoms with Gasteiger partial charge in [0.15, 0.2) is 0 Å². The van der Waals surface area contributed by atoms with Crippen LogP contribution in [0.5, 0.6) is 5.75 Å². The fraction of sp³-hybridized carbons (Fsp3) is 0.0909. The number of rotatable bonds is 4. The van der Waals surface area contributed by atoms with E-state index in [0.717, 1.165) is 23.9 Å². The number of benzene rings is 3. The lowest BCUT2D eigenvalue weighted by Gasteiger charge is -2.06. The van der Waals surface area contributed by atoms with Gasteiger partial charge in [-0.15, -0.1) is 0 Å². The van der Waals surface area contributed by atoms with Crippen LogP contribution in [0.4, 0.5) is 0 Å². The molecule has 0 fully saturated rings. The number of para-hydroxylation sites is 1. The first-order chi connectivity index (χ1) is 11.8. The van der Waals surface area contributed by atoms with Crippen molar-refractivity contribution < 1.29 is 5.11 Å². The molecule has 0 amide bonds. The maximum atomic E-state index is 9.58. The zero-order valence-corrected chi connectivity index (χ0v) is 13.4. The van der Waals surface area contributed by atoms with E-state index in [1.54, 1.807) is 12.1 Å². The van der Waals surface area contributed by atoms with Gasteiger partial charge in [0.25, 0.3) is 0 Å². The fourth-order valence-corrected chi connectivity index (χ4v) is 3.26. The smallest absolute Gasteiger partial charge is 0.115 e. The summed E-state index contributed by atoms with van der Waals surface area (Å²) in [7, 11) is 0. The van der Waals surface area contributed by atoms with Crippen LogP contribution in [0.25, 0.3) is 22.0 Å². The van der Waals surface area contributed by atoms with Crippen LogP contribution in [0.2, 0.25) is 0 Å². The van der Waals surface area contributed by atoms with Gasteiger partial charge in [0.1, 0.15) is 5.75 Å². The zero-order chi connectivity index (χ0) is 16.4. The number of phenols is 1. The van der Waals surface area contributed by atoms with Gasteiger partial charge >= 0.3 is 0 Å². The summed E-state index contributed by atoms with van der Waals surface area (Å²) in [4.78, 5) is 3.59. The summed E-state index contributed by atoms with van der Waals surface area (Å²) >= 11 is 0. The van der Waals surface area contributed by atoms with Crippen molar-refractivity contribution in [3.05, 3.63) is 90.1 Å². The predicted octanol–water partition coefficient (Wildman–Crippen LogP) is 5.33. The summed E-state index contributed by atoms with van der Waals surface area (Å²) in [5.74, 6) is 0.296. The molecule has 0 unspecified atom stereocenters. The topological polar surface area (TPSA) is 36.0 Å². The van der Waals surface area contributed by atoms with Crippen LogP contribution in [0.15, 0.2) is 78.9 Å². The van der Waals surface area contributed by atoms with Crippen molar-refractivity contribution in [3.63, 3.8) is 0 Å². The molecule has 0 spiro atoms. The van der Waals surface area contributed by atoms with Gasteiger partial charge in [-0.3, -0.25) is 0 Å². The molecule has 0 saturated carbocycles. The summed E-state index contributed by atoms with van der Waals surface area (Å²) in [6.45, 7) is 0. The number of hydrogen-bond donors (Lipinski definition) is 2. The Morgan fingerprint density at radius 2 is 1.42 bits per heavy atom. The van der Waals surface area contributed by atoms with E-state index < -0.39 is 0 Å². The molecule has 2 nitrogen and oxygen atoms in total. The Morgan fingerprint density at radius 3 is 2.21 bits per heavy atom. The van der Waals surface area contributed by atoms with Crippen molar-refractivity contribution in [1.82, 2.24) is 4.98 Å². The van der Waals surface area contributed by atoms with Gasteiger partial charge in [0.2, 0.25) is 0 Å². The lowest BCUT2D eigenvalue weighted by atomic mass is 9.98. The molecule has 0 aliphatic heterocycles. The first-order valence-corrected chi connectivity index (χ1v) is 8.24. The van der Waals surface area contributed by atoms with Crippen LogP contribution < -0.4 is 0 Å². The second-order valence-electron chi connectivity index (χ2n) is 6.06. The number of aryl methyl sites for hydroxylation is 2. The number of aromatic amines is 1. The van der Waals surface area contributed by atoms with E-state index in [2.05, 4.69) is 53.5 Å². The number of fused-ring (bicyclic) bond motifs is 1. The van der Waals surface area contributed by atoms with Crippen LogP contribution in [-0.4, -0.2) is 10.1 Å². The highest BCUT2D eigenvalue weighted by Gasteiger charge is 2.13. The molecule has 2 N–H and O–H groups in total. The molecule has 24 heavy (non-hydrogen) atoms. The van der Waals surface area contributed by atoms with Crippen LogP contribution in [0, 0.1) is 0 Å². The van der Waals surface area contributed by atoms with Crippen molar-refractivity contribution in [2.75, 3.05) is 0 Å². The zero-order valence-electron chi connectivity index (χ0n) is 13.4. The van der Waals surface area contributed by atoms with Crippen LogP contribution in [0.1, 0.15) is 11.3 Å². The highest BCUT2D eigenvalue weighted by molar-refractivity contribution is 5.97. The minimum atomic E-state index is 0.296. The second kappa shape index (κ2) is 6.25. The first-order valence-electron chi connectivity index (χ1n) is 8.24. The number of nitrogens with one attached hydrogen (secondary N) is 1. The van der Waals surface area contributed by atoms with Crippen molar-refractivity contribution >= 4 is 10.9 Å². The fourth-order valence-electron chi connectivity index (χ4n) is 3.26. The lowest BCUT2D eigenvalue weighted by molar-refractivity contribution is 0.475. The molecule has 0 radical (unpaired) electrons. The Kier molecular flexibility index (Phi) is 3.80. The third-order valence-electron chi connectivity index (χ3n) is 4.45. The molecule has 0 aliphatic carbocycles. The van der Waals surface area contributed by atoms with Gasteiger partial charge in [-0.05, 0) is 42.2 Å². The summed E-state index contributed by atoms with van der Waals surface area (Å²) in [5, 5.41) is 10.8.